The van der Waals surface area contributed by atoms with Crippen LogP contribution >= 0.6 is 0 Å². The maximum absolute atomic E-state index is 13.6. The summed E-state index contributed by atoms with van der Waals surface area (Å²) in [4.78, 5) is 2.25. The molecule has 2 atom stereocenters. The van der Waals surface area contributed by atoms with E-state index >= 15 is 0 Å². The van der Waals surface area contributed by atoms with Gasteiger partial charge in [-0.05, 0) is 26.3 Å². The van der Waals surface area contributed by atoms with Gasteiger partial charge in [-0.3, -0.25) is 4.90 Å². The van der Waals surface area contributed by atoms with E-state index in [9.17, 15) is 4.39 Å². The minimum absolute atomic E-state index is 0.113. The van der Waals surface area contributed by atoms with Gasteiger partial charge >= 0.3 is 0 Å². The second-order valence-corrected chi connectivity index (χ2v) is 4.76. The lowest BCUT2D eigenvalue weighted by Crippen LogP contribution is -2.36. The number of nitrogens with zero attached hydrogens (tertiary/aromatic N) is 1. The first-order valence-electron chi connectivity index (χ1n) is 5.82. The van der Waals surface area contributed by atoms with Crippen molar-refractivity contribution in [3.63, 3.8) is 0 Å². The van der Waals surface area contributed by atoms with Gasteiger partial charge in [0.05, 0.1) is 0 Å². The lowest BCUT2D eigenvalue weighted by molar-refractivity contribution is 0.248. The molecular weight excluding hydrogens is 203 g/mol. The summed E-state index contributed by atoms with van der Waals surface area (Å²) in [5.41, 5.74) is 7.84. The summed E-state index contributed by atoms with van der Waals surface area (Å²) >= 11 is 0. The Morgan fingerprint density at radius 1 is 1.50 bits per heavy atom. The minimum Gasteiger partial charge on any atom is -0.326 e. The lowest BCUT2D eigenvalue weighted by Gasteiger charge is -2.23. The number of hydrogen-bond donors (Lipinski definition) is 1. The van der Waals surface area contributed by atoms with Crippen molar-refractivity contribution in [3.8, 4) is 0 Å². The fraction of sp³-hybridized carbons (Fsp3) is 0.538. The zero-order chi connectivity index (χ0) is 11.7. The molecule has 1 aromatic carbocycles. The average Bonchev–Trinajstić information content (AvgIpc) is 2.55. The van der Waals surface area contributed by atoms with E-state index in [2.05, 4.69) is 11.8 Å². The third-order valence-corrected chi connectivity index (χ3v) is 3.52. The first-order valence-corrected chi connectivity index (χ1v) is 5.82. The zero-order valence-corrected chi connectivity index (χ0v) is 9.91. The summed E-state index contributed by atoms with van der Waals surface area (Å²) in [5.74, 6) is -0.113. The number of benzene rings is 1. The van der Waals surface area contributed by atoms with Crippen molar-refractivity contribution in [3.05, 3.63) is 35.1 Å². The van der Waals surface area contributed by atoms with Gasteiger partial charge in [0, 0.05) is 30.7 Å². The molecule has 0 aromatic heterocycles. The van der Waals surface area contributed by atoms with Crippen LogP contribution in [0.1, 0.15) is 24.5 Å². The average molecular weight is 222 g/mol. The summed E-state index contributed by atoms with van der Waals surface area (Å²) in [6.45, 7) is 5.74. The summed E-state index contributed by atoms with van der Waals surface area (Å²) in [6.07, 6.45) is 1.01. The van der Waals surface area contributed by atoms with E-state index in [-0.39, 0.29) is 11.9 Å². The number of rotatable bonds is 2. The molecule has 1 saturated heterocycles. The van der Waals surface area contributed by atoms with Crippen LogP contribution in [-0.2, 0) is 6.54 Å². The van der Waals surface area contributed by atoms with Crippen LogP contribution in [0.4, 0.5) is 4.39 Å². The summed E-state index contributed by atoms with van der Waals surface area (Å²) in [5, 5.41) is 0. The molecule has 0 aliphatic carbocycles. The Labute approximate surface area is 96.2 Å². The van der Waals surface area contributed by atoms with E-state index in [0.717, 1.165) is 24.1 Å². The molecule has 1 aliphatic rings. The Morgan fingerprint density at radius 2 is 2.25 bits per heavy atom. The molecule has 0 saturated carbocycles. The highest BCUT2D eigenvalue weighted by atomic mass is 19.1. The van der Waals surface area contributed by atoms with Crippen LogP contribution in [0.15, 0.2) is 18.2 Å². The van der Waals surface area contributed by atoms with Crippen LogP contribution in [0.3, 0.4) is 0 Å². The fourth-order valence-corrected chi connectivity index (χ4v) is 2.30. The number of nitrogens with two attached hydrogens (primary N) is 1. The molecule has 1 aliphatic heterocycles. The molecule has 0 spiro atoms. The van der Waals surface area contributed by atoms with Gasteiger partial charge in [0.15, 0.2) is 0 Å². The van der Waals surface area contributed by atoms with E-state index < -0.39 is 0 Å². The molecule has 2 nitrogen and oxygen atoms in total. The third kappa shape index (κ3) is 2.25. The van der Waals surface area contributed by atoms with Crippen molar-refractivity contribution < 1.29 is 4.39 Å². The number of hydrogen-bond acceptors (Lipinski definition) is 2. The van der Waals surface area contributed by atoms with Gasteiger partial charge in [-0.15, -0.1) is 0 Å². The highest BCUT2D eigenvalue weighted by Gasteiger charge is 2.27. The van der Waals surface area contributed by atoms with Crippen LogP contribution in [0, 0.1) is 12.7 Å². The molecule has 1 aromatic rings. The molecule has 1 fully saturated rings. The summed E-state index contributed by atoms with van der Waals surface area (Å²) < 4.78 is 13.6. The van der Waals surface area contributed by atoms with Crippen molar-refractivity contribution in [2.45, 2.75) is 38.9 Å². The summed E-state index contributed by atoms with van der Waals surface area (Å²) in [7, 11) is 0. The van der Waals surface area contributed by atoms with Gasteiger partial charge in [0.25, 0.3) is 0 Å². The highest BCUT2D eigenvalue weighted by molar-refractivity contribution is 5.24. The van der Waals surface area contributed by atoms with Gasteiger partial charge < -0.3 is 5.73 Å². The third-order valence-electron chi connectivity index (χ3n) is 3.52. The molecule has 2 N–H and O–H groups in total. The van der Waals surface area contributed by atoms with E-state index in [0.29, 0.717) is 12.6 Å². The van der Waals surface area contributed by atoms with Crippen LogP contribution in [0.2, 0.25) is 0 Å². The van der Waals surface area contributed by atoms with Gasteiger partial charge in [-0.2, -0.15) is 0 Å². The van der Waals surface area contributed by atoms with Gasteiger partial charge in [0.2, 0.25) is 0 Å². The second kappa shape index (κ2) is 4.52. The van der Waals surface area contributed by atoms with E-state index in [1.807, 2.05) is 13.0 Å². The van der Waals surface area contributed by atoms with Crippen LogP contribution < -0.4 is 5.73 Å². The Hall–Kier alpha value is -0.930. The monoisotopic (exact) mass is 222 g/mol. The Bertz CT molecular complexity index is 378. The maximum atomic E-state index is 13.6. The van der Waals surface area contributed by atoms with Crippen molar-refractivity contribution in [1.82, 2.24) is 4.90 Å². The van der Waals surface area contributed by atoms with Crippen molar-refractivity contribution in [2.24, 2.45) is 5.73 Å². The molecular formula is C13H19FN2. The smallest absolute Gasteiger partial charge is 0.127 e. The number of halogens is 1. The Balaban J connectivity index is 2.12. The Kier molecular flexibility index (Phi) is 3.26. The van der Waals surface area contributed by atoms with Crippen molar-refractivity contribution >= 4 is 0 Å². The number of aryl methyl sites for hydroxylation is 1. The SMILES string of the molecule is Cc1ccc(F)c(CN2CCC(N)C2C)c1. The fourth-order valence-electron chi connectivity index (χ4n) is 2.30. The molecule has 0 amide bonds. The zero-order valence-electron chi connectivity index (χ0n) is 9.91. The largest absolute Gasteiger partial charge is 0.326 e. The topological polar surface area (TPSA) is 29.3 Å². The molecule has 16 heavy (non-hydrogen) atoms. The lowest BCUT2D eigenvalue weighted by atomic mass is 10.1. The first kappa shape index (κ1) is 11.6. The maximum Gasteiger partial charge on any atom is 0.127 e. The van der Waals surface area contributed by atoms with Crippen molar-refractivity contribution in [1.29, 1.82) is 0 Å². The molecule has 1 heterocycles. The van der Waals surface area contributed by atoms with Crippen LogP contribution in [0.5, 0.6) is 0 Å². The summed E-state index contributed by atoms with van der Waals surface area (Å²) in [6, 6.07) is 5.85. The highest BCUT2D eigenvalue weighted by Crippen LogP contribution is 2.20. The first-order chi connectivity index (χ1) is 7.58. The van der Waals surface area contributed by atoms with Crippen LogP contribution in [-0.4, -0.2) is 23.5 Å². The quantitative estimate of drug-likeness (QED) is 0.830. The second-order valence-electron chi connectivity index (χ2n) is 4.76. The minimum atomic E-state index is -0.113. The van der Waals surface area contributed by atoms with Gasteiger partial charge in [0.1, 0.15) is 5.82 Å². The van der Waals surface area contributed by atoms with Crippen LogP contribution in [0.25, 0.3) is 0 Å². The Morgan fingerprint density at radius 3 is 2.88 bits per heavy atom. The molecule has 2 rings (SSSR count). The van der Waals surface area contributed by atoms with Gasteiger partial charge in [-0.25, -0.2) is 4.39 Å². The standard InChI is InChI=1S/C13H19FN2/c1-9-3-4-12(14)11(7-9)8-16-6-5-13(15)10(16)2/h3-4,7,10,13H,5-6,8,15H2,1-2H3. The van der Waals surface area contributed by atoms with E-state index in [1.165, 1.54) is 0 Å². The predicted molar refractivity (Wildman–Crippen MR) is 63.6 cm³/mol. The van der Waals surface area contributed by atoms with E-state index in [1.54, 1.807) is 12.1 Å². The van der Waals surface area contributed by atoms with Crippen molar-refractivity contribution in [2.75, 3.05) is 6.54 Å². The van der Waals surface area contributed by atoms with Gasteiger partial charge in [-0.1, -0.05) is 17.7 Å². The molecule has 0 radical (unpaired) electrons. The molecule has 3 heteroatoms. The van der Waals surface area contributed by atoms with E-state index in [4.69, 9.17) is 5.73 Å². The molecule has 88 valence electrons. The molecule has 0 bridgehead atoms. The number of likely N-dealkylation sites (tertiary alicyclic amines) is 1. The predicted octanol–water partition coefficient (Wildman–Crippen LogP) is 2.06. The molecule has 2 unspecified atom stereocenters. The normalized spacial score (nSPS) is 26.2.